The molecule has 2 amide bonds. The van der Waals surface area contributed by atoms with E-state index in [4.69, 9.17) is 4.98 Å². The first-order valence-electron chi connectivity index (χ1n) is 9.83. The van der Waals surface area contributed by atoms with Crippen LogP contribution in [0.4, 0.5) is 10.8 Å². The van der Waals surface area contributed by atoms with Crippen molar-refractivity contribution in [3.05, 3.63) is 54.1 Å². The number of anilines is 2. The van der Waals surface area contributed by atoms with E-state index in [1.165, 1.54) is 11.6 Å². The molecule has 2 N–H and O–H groups in total. The number of thiazole rings is 1. The van der Waals surface area contributed by atoms with E-state index in [0.29, 0.717) is 13.1 Å². The van der Waals surface area contributed by atoms with Crippen molar-refractivity contribution in [1.82, 2.24) is 10.3 Å². The molecule has 0 aliphatic carbocycles. The molecule has 0 bridgehead atoms. The monoisotopic (exact) mass is 408 g/mol. The van der Waals surface area contributed by atoms with Gasteiger partial charge in [0.05, 0.1) is 16.1 Å². The average Bonchev–Trinajstić information content (AvgIpc) is 3.17. The van der Waals surface area contributed by atoms with E-state index < -0.39 is 0 Å². The number of para-hydroxylation sites is 1. The van der Waals surface area contributed by atoms with Crippen LogP contribution in [0, 0.1) is 5.92 Å². The Morgan fingerprint density at radius 3 is 2.72 bits per heavy atom. The Bertz CT molecular complexity index is 982. The van der Waals surface area contributed by atoms with Gasteiger partial charge in [0.15, 0.2) is 5.13 Å². The predicted molar refractivity (Wildman–Crippen MR) is 117 cm³/mol. The number of aromatic nitrogens is 1. The van der Waals surface area contributed by atoms with Crippen molar-refractivity contribution in [3.63, 3.8) is 0 Å². The molecular formula is C22H24N4O2S. The maximum atomic E-state index is 12.7. The van der Waals surface area contributed by atoms with Gasteiger partial charge in [-0.1, -0.05) is 35.6 Å². The third kappa shape index (κ3) is 4.74. The van der Waals surface area contributed by atoms with Crippen molar-refractivity contribution in [2.24, 2.45) is 5.92 Å². The largest absolute Gasteiger partial charge is 0.352 e. The molecule has 3 aromatic rings. The molecule has 1 unspecified atom stereocenters. The Kier molecular flexibility index (Phi) is 5.76. The molecule has 1 fully saturated rings. The smallest absolute Gasteiger partial charge is 0.225 e. The fourth-order valence-electron chi connectivity index (χ4n) is 3.60. The summed E-state index contributed by atoms with van der Waals surface area (Å²) in [6, 6.07) is 15.7. The predicted octanol–water partition coefficient (Wildman–Crippen LogP) is 3.79. The number of hydrogen-bond donors (Lipinski definition) is 2. The molecule has 1 aliphatic heterocycles. The number of hydrogen-bond acceptors (Lipinski definition) is 5. The lowest BCUT2D eigenvalue weighted by molar-refractivity contribution is -0.125. The second-order valence-electron chi connectivity index (χ2n) is 7.35. The number of amides is 2. The first kappa shape index (κ1) is 19.4. The topological polar surface area (TPSA) is 74.3 Å². The molecule has 4 rings (SSSR count). The summed E-state index contributed by atoms with van der Waals surface area (Å²) in [6.45, 7) is 3.61. The molecule has 2 heterocycles. The van der Waals surface area contributed by atoms with E-state index in [0.717, 1.165) is 41.3 Å². The Balaban J connectivity index is 1.34. The molecule has 1 aromatic heterocycles. The normalized spacial score (nSPS) is 16.6. The van der Waals surface area contributed by atoms with Gasteiger partial charge in [-0.25, -0.2) is 4.98 Å². The quantitative estimate of drug-likeness (QED) is 0.674. The minimum absolute atomic E-state index is 0.0329. The standard InChI is InChI=1S/C22H24N4O2S/c1-15(27)24-18-10-8-16(9-11-18)13-23-21(28)17-5-4-12-26(14-17)22-25-19-6-2-3-7-20(19)29-22/h2-3,6-11,17H,4-5,12-14H2,1H3,(H,23,28)(H,24,27). The maximum absolute atomic E-state index is 12.7. The molecule has 2 aromatic carbocycles. The molecule has 0 radical (unpaired) electrons. The number of piperidine rings is 1. The molecule has 1 aliphatic rings. The van der Waals surface area contributed by atoms with Crippen LogP contribution >= 0.6 is 11.3 Å². The van der Waals surface area contributed by atoms with Crippen LogP contribution in [-0.2, 0) is 16.1 Å². The van der Waals surface area contributed by atoms with Crippen LogP contribution < -0.4 is 15.5 Å². The Morgan fingerprint density at radius 1 is 1.17 bits per heavy atom. The number of nitrogens with zero attached hydrogens (tertiary/aromatic N) is 2. The number of nitrogens with one attached hydrogen (secondary N) is 2. The summed E-state index contributed by atoms with van der Waals surface area (Å²) < 4.78 is 1.18. The number of benzene rings is 2. The van der Waals surface area contributed by atoms with Crippen molar-refractivity contribution in [2.45, 2.75) is 26.3 Å². The lowest BCUT2D eigenvalue weighted by atomic mass is 9.97. The van der Waals surface area contributed by atoms with Gasteiger partial charge >= 0.3 is 0 Å². The molecular weight excluding hydrogens is 384 g/mol. The van der Waals surface area contributed by atoms with E-state index in [-0.39, 0.29) is 17.7 Å². The third-order valence-electron chi connectivity index (χ3n) is 5.09. The number of fused-ring (bicyclic) bond motifs is 1. The van der Waals surface area contributed by atoms with Crippen LogP contribution in [0.2, 0.25) is 0 Å². The molecule has 1 atom stereocenters. The zero-order chi connectivity index (χ0) is 20.2. The third-order valence-corrected chi connectivity index (χ3v) is 6.18. The summed E-state index contributed by atoms with van der Waals surface area (Å²) in [5, 5.41) is 6.80. The van der Waals surface area contributed by atoms with Crippen LogP contribution in [0.15, 0.2) is 48.5 Å². The van der Waals surface area contributed by atoms with Gasteiger partial charge in [0.1, 0.15) is 0 Å². The van der Waals surface area contributed by atoms with E-state index in [1.807, 2.05) is 42.5 Å². The molecule has 150 valence electrons. The van der Waals surface area contributed by atoms with Gasteiger partial charge in [-0.3, -0.25) is 9.59 Å². The van der Waals surface area contributed by atoms with Gasteiger partial charge in [0.25, 0.3) is 0 Å². The van der Waals surface area contributed by atoms with Crippen molar-refractivity contribution in [3.8, 4) is 0 Å². The summed E-state index contributed by atoms with van der Waals surface area (Å²) in [5.74, 6) is -0.0443. The zero-order valence-corrected chi connectivity index (χ0v) is 17.2. The van der Waals surface area contributed by atoms with Gasteiger partial charge in [-0.15, -0.1) is 0 Å². The highest BCUT2D eigenvalue weighted by molar-refractivity contribution is 7.22. The van der Waals surface area contributed by atoms with Gasteiger partial charge in [0, 0.05) is 32.2 Å². The summed E-state index contributed by atoms with van der Waals surface area (Å²) >= 11 is 1.69. The molecule has 7 heteroatoms. The van der Waals surface area contributed by atoms with Crippen molar-refractivity contribution >= 4 is 44.2 Å². The lowest BCUT2D eigenvalue weighted by Crippen LogP contribution is -2.42. The number of carbonyl (C=O) groups is 2. The highest BCUT2D eigenvalue weighted by Crippen LogP contribution is 2.31. The van der Waals surface area contributed by atoms with E-state index >= 15 is 0 Å². The minimum Gasteiger partial charge on any atom is -0.352 e. The Hall–Kier alpha value is -2.93. The van der Waals surface area contributed by atoms with Crippen molar-refractivity contribution in [1.29, 1.82) is 0 Å². The Morgan fingerprint density at radius 2 is 1.97 bits per heavy atom. The van der Waals surface area contributed by atoms with Crippen molar-refractivity contribution in [2.75, 3.05) is 23.3 Å². The zero-order valence-electron chi connectivity index (χ0n) is 16.4. The second-order valence-corrected chi connectivity index (χ2v) is 8.35. The second kappa shape index (κ2) is 8.61. The summed E-state index contributed by atoms with van der Waals surface area (Å²) in [7, 11) is 0. The molecule has 0 saturated carbocycles. The van der Waals surface area contributed by atoms with Crippen LogP contribution in [0.1, 0.15) is 25.3 Å². The van der Waals surface area contributed by atoms with Gasteiger partial charge in [-0.2, -0.15) is 0 Å². The van der Waals surface area contributed by atoms with E-state index in [2.05, 4.69) is 21.6 Å². The SMILES string of the molecule is CC(=O)Nc1ccc(CNC(=O)C2CCCN(c3nc4ccccc4s3)C2)cc1. The molecule has 1 saturated heterocycles. The minimum atomic E-state index is -0.0963. The first-order valence-corrected chi connectivity index (χ1v) is 10.6. The number of rotatable bonds is 5. The summed E-state index contributed by atoms with van der Waals surface area (Å²) in [4.78, 5) is 30.8. The van der Waals surface area contributed by atoms with E-state index in [1.54, 1.807) is 11.3 Å². The highest BCUT2D eigenvalue weighted by Gasteiger charge is 2.27. The summed E-state index contributed by atoms with van der Waals surface area (Å²) in [5.41, 5.74) is 2.78. The lowest BCUT2D eigenvalue weighted by Gasteiger charge is -2.31. The fourth-order valence-corrected chi connectivity index (χ4v) is 4.60. The van der Waals surface area contributed by atoms with Gasteiger partial charge in [-0.05, 0) is 42.7 Å². The summed E-state index contributed by atoms with van der Waals surface area (Å²) in [6.07, 6.45) is 1.88. The average molecular weight is 409 g/mol. The first-order chi connectivity index (χ1) is 14.1. The molecule has 6 nitrogen and oxygen atoms in total. The molecule has 29 heavy (non-hydrogen) atoms. The fraction of sp³-hybridized carbons (Fsp3) is 0.318. The molecule has 0 spiro atoms. The van der Waals surface area contributed by atoms with Crippen LogP contribution in [-0.4, -0.2) is 29.9 Å². The van der Waals surface area contributed by atoms with Crippen LogP contribution in [0.5, 0.6) is 0 Å². The highest BCUT2D eigenvalue weighted by atomic mass is 32.1. The van der Waals surface area contributed by atoms with E-state index in [9.17, 15) is 9.59 Å². The van der Waals surface area contributed by atoms with Crippen LogP contribution in [0.3, 0.4) is 0 Å². The maximum Gasteiger partial charge on any atom is 0.225 e. The van der Waals surface area contributed by atoms with Gasteiger partial charge < -0.3 is 15.5 Å². The Labute approximate surface area is 173 Å². The van der Waals surface area contributed by atoms with Crippen molar-refractivity contribution < 1.29 is 9.59 Å². The van der Waals surface area contributed by atoms with Gasteiger partial charge in [0.2, 0.25) is 11.8 Å². The number of carbonyl (C=O) groups excluding carboxylic acids is 2. The van der Waals surface area contributed by atoms with Crippen LogP contribution in [0.25, 0.3) is 10.2 Å².